The van der Waals surface area contributed by atoms with Crippen LogP contribution in [0.1, 0.15) is 38.2 Å². The van der Waals surface area contributed by atoms with Crippen molar-refractivity contribution in [2.24, 2.45) is 5.73 Å². The van der Waals surface area contributed by atoms with E-state index in [0.717, 1.165) is 24.8 Å². The highest BCUT2D eigenvalue weighted by Gasteiger charge is 2.34. The standard InChI is InChI=1S/C15H21N3O2/c1-10-4-5-12(17-11(2)19)8-13(10)18-14(20)9-15(16)6-3-7-15/h4-5,8H,3,6-7,9,16H2,1-2H3,(H,17,19)(H,18,20). The maximum Gasteiger partial charge on any atom is 0.226 e. The Morgan fingerprint density at radius 1 is 1.30 bits per heavy atom. The van der Waals surface area contributed by atoms with Crippen LogP contribution >= 0.6 is 0 Å². The summed E-state index contributed by atoms with van der Waals surface area (Å²) in [5.74, 6) is -0.211. The van der Waals surface area contributed by atoms with Gasteiger partial charge in [0.15, 0.2) is 0 Å². The molecule has 0 atom stereocenters. The fourth-order valence-corrected chi connectivity index (χ4v) is 2.36. The molecule has 1 aliphatic rings. The van der Waals surface area contributed by atoms with Gasteiger partial charge in [0, 0.05) is 30.3 Å². The summed E-state index contributed by atoms with van der Waals surface area (Å²) < 4.78 is 0. The predicted molar refractivity (Wildman–Crippen MR) is 79.5 cm³/mol. The van der Waals surface area contributed by atoms with Gasteiger partial charge in [-0.2, -0.15) is 0 Å². The Hall–Kier alpha value is -1.88. The van der Waals surface area contributed by atoms with Gasteiger partial charge in [0.05, 0.1) is 0 Å². The predicted octanol–water partition coefficient (Wildman–Crippen LogP) is 2.16. The van der Waals surface area contributed by atoms with Gasteiger partial charge in [-0.05, 0) is 43.9 Å². The van der Waals surface area contributed by atoms with Crippen LogP contribution in [0.15, 0.2) is 18.2 Å². The average molecular weight is 275 g/mol. The lowest BCUT2D eigenvalue weighted by molar-refractivity contribution is -0.118. The Morgan fingerprint density at radius 2 is 2.00 bits per heavy atom. The second kappa shape index (κ2) is 5.63. The zero-order valence-corrected chi connectivity index (χ0v) is 12.0. The molecular formula is C15H21N3O2. The molecule has 2 rings (SSSR count). The molecule has 0 aromatic heterocycles. The summed E-state index contributed by atoms with van der Waals surface area (Å²) in [5, 5.41) is 5.58. The van der Waals surface area contributed by atoms with E-state index >= 15 is 0 Å². The van der Waals surface area contributed by atoms with E-state index in [1.165, 1.54) is 6.92 Å². The summed E-state index contributed by atoms with van der Waals surface area (Å²) in [4.78, 5) is 23.1. The van der Waals surface area contributed by atoms with Gasteiger partial charge in [0.25, 0.3) is 0 Å². The molecule has 0 bridgehead atoms. The number of hydrogen-bond donors (Lipinski definition) is 3. The molecule has 0 unspecified atom stereocenters. The minimum Gasteiger partial charge on any atom is -0.326 e. The van der Waals surface area contributed by atoms with Crippen LogP contribution in [0.3, 0.4) is 0 Å². The molecule has 0 saturated heterocycles. The first-order valence-corrected chi connectivity index (χ1v) is 6.85. The lowest BCUT2D eigenvalue weighted by Gasteiger charge is -2.37. The molecule has 1 aliphatic carbocycles. The van der Waals surface area contributed by atoms with E-state index in [4.69, 9.17) is 5.73 Å². The molecule has 1 saturated carbocycles. The number of amides is 2. The molecule has 0 aliphatic heterocycles. The van der Waals surface area contributed by atoms with Gasteiger partial charge in [-0.3, -0.25) is 9.59 Å². The van der Waals surface area contributed by atoms with Crippen LogP contribution < -0.4 is 16.4 Å². The number of hydrogen-bond acceptors (Lipinski definition) is 3. The Bertz CT molecular complexity index is 536. The van der Waals surface area contributed by atoms with Gasteiger partial charge in [-0.1, -0.05) is 6.07 Å². The smallest absolute Gasteiger partial charge is 0.226 e. The van der Waals surface area contributed by atoms with E-state index in [1.807, 2.05) is 19.1 Å². The van der Waals surface area contributed by atoms with Crippen LogP contribution in [0, 0.1) is 6.92 Å². The van der Waals surface area contributed by atoms with Crippen LogP contribution in [0.5, 0.6) is 0 Å². The topological polar surface area (TPSA) is 84.2 Å². The van der Waals surface area contributed by atoms with E-state index in [-0.39, 0.29) is 17.4 Å². The number of carbonyl (C=O) groups is 2. The SMILES string of the molecule is CC(=O)Nc1ccc(C)c(NC(=O)CC2(N)CCC2)c1. The van der Waals surface area contributed by atoms with Crippen molar-refractivity contribution in [2.45, 2.75) is 45.1 Å². The Morgan fingerprint density at radius 3 is 2.55 bits per heavy atom. The Balaban J connectivity index is 2.03. The molecule has 2 amide bonds. The third-order valence-corrected chi connectivity index (χ3v) is 3.69. The lowest BCUT2D eigenvalue weighted by atomic mass is 9.75. The number of nitrogens with one attached hydrogen (secondary N) is 2. The second-order valence-corrected chi connectivity index (χ2v) is 5.65. The first-order chi connectivity index (χ1) is 9.38. The van der Waals surface area contributed by atoms with Crippen molar-refractivity contribution >= 4 is 23.2 Å². The minimum atomic E-state index is -0.326. The molecule has 0 spiro atoms. The Kier molecular flexibility index (Phi) is 4.09. The molecule has 20 heavy (non-hydrogen) atoms. The van der Waals surface area contributed by atoms with Gasteiger partial charge in [-0.15, -0.1) is 0 Å². The van der Waals surface area contributed by atoms with Gasteiger partial charge in [-0.25, -0.2) is 0 Å². The van der Waals surface area contributed by atoms with Crippen LogP contribution in [-0.4, -0.2) is 17.4 Å². The summed E-state index contributed by atoms with van der Waals surface area (Å²) in [7, 11) is 0. The summed E-state index contributed by atoms with van der Waals surface area (Å²) >= 11 is 0. The van der Waals surface area contributed by atoms with Crippen molar-refractivity contribution in [3.8, 4) is 0 Å². The first kappa shape index (κ1) is 14.5. The number of nitrogens with two attached hydrogens (primary N) is 1. The number of anilines is 2. The molecule has 1 fully saturated rings. The first-order valence-electron chi connectivity index (χ1n) is 6.85. The van der Waals surface area contributed by atoms with E-state index in [0.29, 0.717) is 17.8 Å². The highest BCUT2D eigenvalue weighted by molar-refractivity contribution is 5.94. The fraction of sp³-hybridized carbons (Fsp3) is 0.467. The monoisotopic (exact) mass is 275 g/mol. The molecule has 5 heteroatoms. The molecule has 1 aromatic rings. The van der Waals surface area contributed by atoms with Crippen LogP contribution in [0.4, 0.5) is 11.4 Å². The van der Waals surface area contributed by atoms with Crippen LogP contribution in [-0.2, 0) is 9.59 Å². The second-order valence-electron chi connectivity index (χ2n) is 5.65. The fourth-order valence-electron chi connectivity index (χ4n) is 2.36. The van der Waals surface area contributed by atoms with Crippen molar-refractivity contribution in [2.75, 3.05) is 10.6 Å². The summed E-state index contributed by atoms with van der Waals surface area (Å²) in [5.41, 5.74) is 8.08. The quantitative estimate of drug-likeness (QED) is 0.787. The third-order valence-electron chi connectivity index (χ3n) is 3.69. The molecular weight excluding hydrogens is 254 g/mol. The van der Waals surface area contributed by atoms with Crippen LogP contribution in [0.25, 0.3) is 0 Å². The van der Waals surface area contributed by atoms with Gasteiger partial charge in [0.2, 0.25) is 11.8 Å². The highest BCUT2D eigenvalue weighted by atomic mass is 16.2. The Labute approximate surface area is 118 Å². The largest absolute Gasteiger partial charge is 0.326 e. The van der Waals surface area contributed by atoms with Crippen molar-refractivity contribution in [1.29, 1.82) is 0 Å². The van der Waals surface area contributed by atoms with Crippen molar-refractivity contribution < 1.29 is 9.59 Å². The summed E-state index contributed by atoms with van der Waals surface area (Å²) in [6.07, 6.45) is 3.26. The lowest BCUT2D eigenvalue weighted by Crippen LogP contribution is -2.48. The third kappa shape index (κ3) is 3.57. The van der Waals surface area contributed by atoms with Gasteiger partial charge in [0.1, 0.15) is 0 Å². The molecule has 0 heterocycles. The van der Waals surface area contributed by atoms with E-state index < -0.39 is 0 Å². The maximum atomic E-state index is 12.0. The van der Waals surface area contributed by atoms with E-state index in [1.54, 1.807) is 6.07 Å². The van der Waals surface area contributed by atoms with Crippen molar-refractivity contribution in [3.63, 3.8) is 0 Å². The van der Waals surface area contributed by atoms with Crippen LogP contribution in [0.2, 0.25) is 0 Å². The normalized spacial score (nSPS) is 16.1. The summed E-state index contributed by atoms with van der Waals surface area (Å²) in [6, 6.07) is 5.43. The zero-order chi connectivity index (χ0) is 14.8. The number of aryl methyl sites for hydroxylation is 1. The van der Waals surface area contributed by atoms with Crippen molar-refractivity contribution in [1.82, 2.24) is 0 Å². The molecule has 108 valence electrons. The molecule has 5 nitrogen and oxygen atoms in total. The number of carbonyl (C=O) groups excluding carboxylic acids is 2. The molecule has 1 aromatic carbocycles. The van der Waals surface area contributed by atoms with E-state index in [9.17, 15) is 9.59 Å². The van der Waals surface area contributed by atoms with Gasteiger partial charge >= 0.3 is 0 Å². The zero-order valence-electron chi connectivity index (χ0n) is 12.0. The van der Waals surface area contributed by atoms with E-state index in [2.05, 4.69) is 10.6 Å². The van der Waals surface area contributed by atoms with Gasteiger partial charge < -0.3 is 16.4 Å². The van der Waals surface area contributed by atoms with Crippen molar-refractivity contribution in [3.05, 3.63) is 23.8 Å². The minimum absolute atomic E-state index is 0.0738. The maximum absolute atomic E-state index is 12.0. The molecule has 4 N–H and O–H groups in total. The average Bonchev–Trinajstić information content (AvgIpc) is 2.30. The number of rotatable bonds is 4. The molecule has 0 radical (unpaired) electrons. The summed E-state index contributed by atoms with van der Waals surface area (Å²) in [6.45, 7) is 3.36. The number of benzene rings is 1. The highest BCUT2D eigenvalue weighted by Crippen LogP contribution is 2.32.